The van der Waals surface area contributed by atoms with E-state index in [0.717, 1.165) is 29.3 Å². The Hall–Kier alpha value is -2.48. The Labute approximate surface area is 186 Å². The van der Waals surface area contributed by atoms with Gasteiger partial charge < -0.3 is 4.74 Å². The lowest BCUT2D eigenvalue weighted by Crippen LogP contribution is -2.39. The standard InChI is InChI=1S/C23H23ClN2O4S/c1-16-5-4-12-26(14-16)31(28,29)21-13-18(9-10-20(21)24)23(27)30-15-19-7-2-6-17-8-3-11-25-22(17)19/h2-3,6-11,13,16H,4-5,12,14-15H2,1H3. The van der Waals surface area contributed by atoms with E-state index < -0.39 is 16.0 Å². The summed E-state index contributed by atoms with van der Waals surface area (Å²) in [5, 5.41) is 1.04. The molecule has 1 aromatic heterocycles. The SMILES string of the molecule is CC1CCCN(S(=O)(=O)c2cc(C(=O)OCc3cccc4cccnc34)ccc2Cl)C1. The topological polar surface area (TPSA) is 76.6 Å². The summed E-state index contributed by atoms with van der Waals surface area (Å²) in [4.78, 5) is 17.0. The largest absolute Gasteiger partial charge is 0.457 e. The number of nitrogens with zero attached hydrogens (tertiary/aromatic N) is 2. The van der Waals surface area contributed by atoms with Gasteiger partial charge >= 0.3 is 5.97 Å². The summed E-state index contributed by atoms with van der Waals surface area (Å²) in [5.74, 6) is -0.335. The number of esters is 1. The molecule has 1 atom stereocenters. The van der Waals surface area contributed by atoms with Crippen LogP contribution in [-0.4, -0.2) is 36.8 Å². The van der Waals surface area contributed by atoms with Gasteiger partial charge in [0.05, 0.1) is 16.1 Å². The number of hydrogen-bond acceptors (Lipinski definition) is 5. The molecule has 0 saturated carbocycles. The Balaban J connectivity index is 1.55. The van der Waals surface area contributed by atoms with Crippen molar-refractivity contribution in [2.75, 3.05) is 13.1 Å². The molecule has 2 aromatic carbocycles. The van der Waals surface area contributed by atoms with Gasteiger partial charge in [-0.2, -0.15) is 4.31 Å². The van der Waals surface area contributed by atoms with E-state index in [1.54, 1.807) is 6.20 Å². The van der Waals surface area contributed by atoms with Crippen LogP contribution in [0.5, 0.6) is 0 Å². The molecule has 31 heavy (non-hydrogen) atoms. The van der Waals surface area contributed by atoms with Gasteiger partial charge in [0.15, 0.2) is 0 Å². The summed E-state index contributed by atoms with van der Waals surface area (Å²) >= 11 is 6.21. The Morgan fingerprint density at radius 1 is 1.23 bits per heavy atom. The molecule has 1 fully saturated rings. The lowest BCUT2D eigenvalue weighted by Gasteiger charge is -2.30. The Morgan fingerprint density at radius 2 is 2.03 bits per heavy atom. The molecule has 0 spiro atoms. The van der Waals surface area contributed by atoms with Crippen LogP contribution < -0.4 is 0 Å². The van der Waals surface area contributed by atoms with Gasteiger partial charge in [0, 0.05) is 30.2 Å². The first-order valence-corrected chi connectivity index (χ1v) is 12.0. The second-order valence-electron chi connectivity index (χ2n) is 7.82. The summed E-state index contributed by atoms with van der Waals surface area (Å²) in [6.07, 6.45) is 3.49. The number of carbonyl (C=O) groups excluding carboxylic acids is 1. The number of halogens is 1. The number of pyridine rings is 1. The van der Waals surface area contributed by atoms with Gasteiger partial charge in [-0.15, -0.1) is 0 Å². The Kier molecular flexibility index (Phi) is 6.27. The average molecular weight is 459 g/mol. The molecule has 0 bridgehead atoms. The third-order valence-corrected chi connectivity index (χ3v) is 7.83. The van der Waals surface area contributed by atoms with Crippen molar-refractivity contribution in [2.24, 2.45) is 5.92 Å². The number of fused-ring (bicyclic) bond motifs is 1. The summed E-state index contributed by atoms with van der Waals surface area (Å²) in [6.45, 7) is 2.95. The van der Waals surface area contributed by atoms with Gasteiger partial charge in [0.1, 0.15) is 11.5 Å². The molecule has 1 aliphatic rings. The quantitative estimate of drug-likeness (QED) is 0.519. The van der Waals surface area contributed by atoms with Crippen molar-refractivity contribution in [2.45, 2.75) is 31.3 Å². The van der Waals surface area contributed by atoms with Gasteiger partial charge in [-0.3, -0.25) is 4.98 Å². The number of rotatable bonds is 5. The molecule has 1 aliphatic heterocycles. The van der Waals surface area contributed by atoms with Gasteiger partial charge in [-0.1, -0.05) is 42.8 Å². The number of benzene rings is 2. The van der Waals surface area contributed by atoms with Gasteiger partial charge in [-0.25, -0.2) is 13.2 Å². The number of carbonyl (C=O) groups is 1. The van der Waals surface area contributed by atoms with E-state index in [9.17, 15) is 13.2 Å². The van der Waals surface area contributed by atoms with Gasteiger partial charge in [0.2, 0.25) is 10.0 Å². The summed E-state index contributed by atoms with van der Waals surface area (Å²) in [6, 6.07) is 13.6. The molecule has 0 amide bonds. The highest BCUT2D eigenvalue weighted by molar-refractivity contribution is 7.89. The molecule has 0 aliphatic carbocycles. The maximum absolute atomic E-state index is 13.1. The lowest BCUT2D eigenvalue weighted by molar-refractivity contribution is 0.0474. The van der Waals surface area contributed by atoms with E-state index >= 15 is 0 Å². The monoisotopic (exact) mass is 458 g/mol. The van der Waals surface area contributed by atoms with Crippen LogP contribution >= 0.6 is 11.6 Å². The van der Waals surface area contributed by atoms with Gasteiger partial charge in [-0.05, 0) is 43.0 Å². The first kappa shape index (κ1) is 21.7. The van der Waals surface area contributed by atoms with E-state index in [1.807, 2.05) is 37.3 Å². The van der Waals surface area contributed by atoms with E-state index in [2.05, 4.69) is 4.98 Å². The van der Waals surface area contributed by atoms with E-state index in [0.29, 0.717) is 13.1 Å². The Morgan fingerprint density at radius 3 is 2.84 bits per heavy atom. The molecule has 6 nitrogen and oxygen atoms in total. The highest BCUT2D eigenvalue weighted by atomic mass is 35.5. The van der Waals surface area contributed by atoms with Crippen molar-refractivity contribution in [1.29, 1.82) is 0 Å². The zero-order valence-corrected chi connectivity index (χ0v) is 18.7. The second-order valence-corrected chi connectivity index (χ2v) is 10.1. The molecule has 162 valence electrons. The summed E-state index contributed by atoms with van der Waals surface area (Å²) in [5.41, 5.74) is 1.67. The van der Waals surface area contributed by atoms with Crippen molar-refractivity contribution in [3.05, 3.63) is 70.9 Å². The number of sulfonamides is 1. The molecular formula is C23H23ClN2O4S. The van der Waals surface area contributed by atoms with Crippen molar-refractivity contribution in [3.8, 4) is 0 Å². The molecule has 4 rings (SSSR count). The fourth-order valence-corrected chi connectivity index (χ4v) is 5.94. The maximum Gasteiger partial charge on any atom is 0.338 e. The molecule has 2 heterocycles. The molecule has 0 radical (unpaired) electrons. The fourth-order valence-electron chi connectivity index (χ4n) is 3.84. The molecule has 8 heteroatoms. The number of piperidine rings is 1. The highest BCUT2D eigenvalue weighted by Gasteiger charge is 2.31. The minimum absolute atomic E-state index is 0.0293. The third-order valence-electron chi connectivity index (χ3n) is 5.48. The molecule has 0 N–H and O–H groups in total. The van der Waals surface area contributed by atoms with Crippen molar-refractivity contribution in [1.82, 2.24) is 9.29 Å². The van der Waals surface area contributed by atoms with E-state index in [-0.39, 0.29) is 28.0 Å². The average Bonchev–Trinajstić information content (AvgIpc) is 2.77. The summed E-state index contributed by atoms with van der Waals surface area (Å²) in [7, 11) is -3.79. The molecule has 1 unspecified atom stereocenters. The van der Waals surface area contributed by atoms with Crippen LogP contribution in [0.4, 0.5) is 0 Å². The fraction of sp³-hybridized carbons (Fsp3) is 0.304. The number of para-hydroxylation sites is 1. The summed E-state index contributed by atoms with van der Waals surface area (Å²) < 4.78 is 33.2. The van der Waals surface area contributed by atoms with E-state index in [1.165, 1.54) is 22.5 Å². The Bertz CT molecular complexity index is 1220. The van der Waals surface area contributed by atoms with Crippen LogP contribution in [0.1, 0.15) is 35.7 Å². The number of aromatic nitrogens is 1. The first-order valence-electron chi connectivity index (χ1n) is 10.2. The lowest BCUT2D eigenvalue weighted by atomic mass is 10.0. The van der Waals surface area contributed by atoms with Crippen LogP contribution in [0.25, 0.3) is 10.9 Å². The number of ether oxygens (including phenoxy) is 1. The van der Waals surface area contributed by atoms with Gasteiger partial charge in [0.25, 0.3) is 0 Å². The van der Waals surface area contributed by atoms with Crippen molar-refractivity contribution < 1.29 is 17.9 Å². The first-order chi connectivity index (χ1) is 14.9. The smallest absolute Gasteiger partial charge is 0.338 e. The highest BCUT2D eigenvalue weighted by Crippen LogP contribution is 2.29. The molecule has 1 saturated heterocycles. The van der Waals surface area contributed by atoms with Crippen LogP contribution in [0.15, 0.2) is 59.6 Å². The minimum atomic E-state index is -3.79. The number of hydrogen-bond donors (Lipinski definition) is 0. The predicted octanol–water partition coefficient (Wildman–Crippen LogP) is 4.67. The van der Waals surface area contributed by atoms with Crippen molar-refractivity contribution >= 4 is 38.5 Å². The normalized spacial score (nSPS) is 17.5. The zero-order valence-electron chi connectivity index (χ0n) is 17.1. The molecular weight excluding hydrogens is 436 g/mol. The molecule has 3 aromatic rings. The van der Waals surface area contributed by atoms with Crippen LogP contribution in [0.3, 0.4) is 0 Å². The van der Waals surface area contributed by atoms with Crippen LogP contribution in [-0.2, 0) is 21.4 Å². The second kappa shape index (κ2) is 8.94. The minimum Gasteiger partial charge on any atom is -0.457 e. The zero-order chi connectivity index (χ0) is 22.0. The maximum atomic E-state index is 13.1. The predicted molar refractivity (Wildman–Crippen MR) is 119 cm³/mol. The van der Waals surface area contributed by atoms with Crippen LogP contribution in [0.2, 0.25) is 5.02 Å². The third kappa shape index (κ3) is 4.59. The van der Waals surface area contributed by atoms with E-state index in [4.69, 9.17) is 16.3 Å². The van der Waals surface area contributed by atoms with Crippen LogP contribution in [0, 0.1) is 5.92 Å². The van der Waals surface area contributed by atoms with Crippen molar-refractivity contribution in [3.63, 3.8) is 0 Å².